The highest BCUT2D eigenvalue weighted by Gasteiger charge is 2.23. The van der Waals surface area contributed by atoms with E-state index in [0.29, 0.717) is 23.4 Å². The highest BCUT2D eigenvalue weighted by Crippen LogP contribution is 2.35. The fourth-order valence-electron chi connectivity index (χ4n) is 4.93. The summed E-state index contributed by atoms with van der Waals surface area (Å²) in [5.74, 6) is 0.0270. The Balaban J connectivity index is 0.000000900. The van der Waals surface area contributed by atoms with Gasteiger partial charge in [-0.2, -0.15) is 5.17 Å². The summed E-state index contributed by atoms with van der Waals surface area (Å²) in [4.78, 5) is 17.8. The molecule has 0 radical (unpaired) electrons. The summed E-state index contributed by atoms with van der Waals surface area (Å²) < 4.78 is 10.6. The summed E-state index contributed by atoms with van der Waals surface area (Å²) in [7, 11) is 1.54. The number of aryl methyl sites for hydroxylation is 1. The number of pyridine rings is 1. The first-order valence-corrected chi connectivity index (χ1v) is 16.1. The minimum Gasteiger partial charge on any atom is -0.494 e. The molecule has 0 spiro atoms. The van der Waals surface area contributed by atoms with Gasteiger partial charge in [-0.1, -0.05) is 90.4 Å². The van der Waals surface area contributed by atoms with Crippen LogP contribution in [0.2, 0.25) is 0 Å². The van der Waals surface area contributed by atoms with E-state index in [0.717, 1.165) is 72.0 Å². The maximum Gasteiger partial charge on any atom is 0.271 e. The molecule has 1 amide bonds. The second-order valence-electron chi connectivity index (χ2n) is 11.5. The Morgan fingerprint density at radius 1 is 1.00 bits per heavy atom. The summed E-state index contributed by atoms with van der Waals surface area (Å²) in [5, 5.41) is 11.7. The first-order valence-electron chi connectivity index (χ1n) is 16.1. The molecule has 3 rings (SSSR count). The van der Waals surface area contributed by atoms with Gasteiger partial charge in [0.05, 0.1) is 12.8 Å². The number of rotatable bonds is 15. The van der Waals surface area contributed by atoms with Gasteiger partial charge in [-0.3, -0.25) is 15.0 Å². The number of amides is 1. The molecule has 7 nitrogen and oxygen atoms in total. The lowest BCUT2D eigenvalue weighted by molar-refractivity contribution is -0.118. The van der Waals surface area contributed by atoms with E-state index in [2.05, 4.69) is 45.0 Å². The van der Waals surface area contributed by atoms with Crippen molar-refractivity contribution in [1.29, 1.82) is 0 Å². The molecule has 45 heavy (non-hydrogen) atoms. The van der Waals surface area contributed by atoms with Gasteiger partial charge in [-0.15, -0.1) is 0 Å². The predicted molar refractivity (Wildman–Crippen MR) is 187 cm³/mol. The Morgan fingerprint density at radius 3 is 2.33 bits per heavy atom. The van der Waals surface area contributed by atoms with Crippen molar-refractivity contribution in [1.82, 2.24) is 10.4 Å². The van der Waals surface area contributed by atoms with Gasteiger partial charge >= 0.3 is 0 Å². The molecule has 3 aromatic rings. The molecule has 0 unspecified atom stereocenters. The Bertz CT molecular complexity index is 1380. The molecule has 0 aliphatic rings. The van der Waals surface area contributed by atoms with Crippen LogP contribution in [0, 0.1) is 6.92 Å². The molecule has 0 bridgehead atoms. The Labute approximate surface area is 270 Å². The van der Waals surface area contributed by atoms with Crippen LogP contribution in [0.15, 0.2) is 78.5 Å². The Hall–Kier alpha value is -3.94. The number of allylic oxidation sites excluding steroid dienone is 1. The van der Waals surface area contributed by atoms with Crippen LogP contribution in [0.25, 0.3) is 17.3 Å². The van der Waals surface area contributed by atoms with Crippen molar-refractivity contribution < 1.29 is 19.5 Å². The van der Waals surface area contributed by atoms with Gasteiger partial charge in [0.25, 0.3) is 5.91 Å². The first-order chi connectivity index (χ1) is 21.6. The number of nitrogens with zero attached hydrogens (tertiary/aromatic N) is 2. The van der Waals surface area contributed by atoms with E-state index < -0.39 is 5.91 Å². The second kappa shape index (κ2) is 19.4. The quantitative estimate of drug-likeness (QED) is 0.0767. The van der Waals surface area contributed by atoms with Gasteiger partial charge in [-0.05, 0) is 85.1 Å². The van der Waals surface area contributed by atoms with Gasteiger partial charge in [0.15, 0.2) is 0 Å². The van der Waals surface area contributed by atoms with Crippen molar-refractivity contribution in [2.45, 2.75) is 86.0 Å². The standard InChI is InChI=1S/C32H39N3O3.C6H14O/c1-7-12-24(16-18-26-23(3)13-11-14-27(26)28-15-9-10-21-33-28)31(36)34-35(37)29-22-25(17-19-30(29)38-6)32(4,5)20-8-2;1-3-5-7-6-4-2/h9-19,21-22,37H,7-8,20H2,1-6H3,(H,34,36);3-6H2,1-2H3/b18-16-,24-12-;. The number of carbonyl (C=O) groups excluding carboxylic acids is 1. The molecular weight excluding hydrogens is 562 g/mol. The molecule has 0 aliphatic carbocycles. The Kier molecular flexibility index (Phi) is 16.1. The maximum atomic E-state index is 13.3. The van der Waals surface area contributed by atoms with Crippen molar-refractivity contribution in [3.05, 3.63) is 95.2 Å². The third-order valence-corrected chi connectivity index (χ3v) is 7.35. The normalized spacial score (nSPS) is 11.6. The molecular formula is C38H53N3O4. The van der Waals surface area contributed by atoms with E-state index in [-0.39, 0.29) is 5.41 Å². The van der Waals surface area contributed by atoms with Crippen LogP contribution < -0.4 is 15.3 Å². The van der Waals surface area contributed by atoms with E-state index in [4.69, 9.17) is 9.47 Å². The molecule has 0 saturated carbocycles. The third kappa shape index (κ3) is 11.5. The van der Waals surface area contributed by atoms with Gasteiger partial charge in [0.1, 0.15) is 11.4 Å². The van der Waals surface area contributed by atoms with Gasteiger partial charge in [-0.25, -0.2) is 5.43 Å². The van der Waals surface area contributed by atoms with Gasteiger partial charge in [0, 0.05) is 30.5 Å². The van der Waals surface area contributed by atoms with Crippen molar-refractivity contribution in [2.75, 3.05) is 25.5 Å². The number of methoxy groups -OCH3 is 1. The topological polar surface area (TPSA) is 83.9 Å². The number of hydrazine groups is 1. The number of hydrogen-bond donors (Lipinski definition) is 2. The molecule has 244 valence electrons. The van der Waals surface area contributed by atoms with Crippen LogP contribution in [-0.2, 0) is 14.9 Å². The highest BCUT2D eigenvalue weighted by molar-refractivity contribution is 5.98. The second-order valence-corrected chi connectivity index (χ2v) is 11.5. The van der Waals surface area contributed by atoms with Crippen LogP contribution >= 0.6 is 0 Å². The zero-order valence-corrected chi connectivity index (χ0v) is 28.5. The molecule has 1 heterocycles. The van der Waals surface area contributed by atoms with Crippen LogP contribution in [0.3, 0.4) is 0 Å². The van der Waals surface area contributed by atoms with Crippen molar-refractivity contribution >= 4 is 17.7 Å². The SMILES string of the molecule is CC/C=C(/C=C\c1c(C)cccc1-c1ccccn1)C(=O)NN(O)c1cc(C(C)(C)CCC)ccc1OC.CCCOCCC. The van der Waals surface area contributed by atoms with Crippen molar-refractivity contribution in [2.24, 2.45) is 0 Å². The molecule has 0 saturated heterocycles. The van der Waals surface area contributed by atoms with Gasteiger partial charge in [0.2, 0.25) is 0 Å². The fraction of sp³-hybridized carbons (Fsp3) is 0.421. The lowest BCUT2D eigenvalue weighted by Gasteiger charge is -2.27. The van der Waals surface area contributed by atoms with Crippen molar-refractivity contribution in [3.8, 4) is 17.0 Å². The van der Waals surface area contributed by atoms with Crippen LogP contribution in [0.1, 0.15) is 90.3 Å². The number of benzene rings is 2. The van der Waals surface area contributed by atoms with E-state index >= 15 is 0 Å². The zero-order valence-electron chi connectivity index (χ0n) is 28.5. The molecule has 1 aromatic heterocycles. The van der Waals surface area contributed by atoms with E-state index in [9.17, 15) is 10.0 Å². The van der Waals surface area contributed by atoms with Crippen molar-refractivity contribution in [3.63, 3.8) is 0 Å². The summed E-state index contributed by atoms with van der Waals surface area (Å²) in [6.07, 6.45) is 12.3. The smallest absolute Gasteiger partial charge is 0.271 e. The molecule has 0 atom stereocenters. The predicted octanol–water partition coefficient (Wildman–Crippen LogP) is 9.24. The average Bonchev–Trinajstić information content (AvgIpc) is 3.04. The number of nitrogens with one attached hydrogen (secondary N) is 1. The zero-order chi connectivity index (χ0) is 33.2. The van der Waals surface area contributed by atoms with Crippen LogP contribution in [0.4, 0.5) is 5.69 Å². The van der Waals surface area contributed by atoms with Crippen LogP contribution in [-0.4, -0.2) is 36.4 Å². The largest absolute Gasteiger partial charge is 0.494 e. The summed E-state index contributed by atoms with van der Waals surface area (Å²) in [6, 6.07) is 17.5. The highest BCUT2D eigenvalue weighted by atomic mass is 16.5. The molecule has 0 fully saturated rings. The van der Waals surface area contributed by atoms with Crippen LogP contribution in [0.5, 0.6) is 5.75 Å². The minimum absolute atomic E-state index is 0.0878. The number of ether oxygens (including phenoxy) is 2. The molecule has 2 aromatic carbocycles. The lowest BCUT2D eigenvalue weighted by Crippen LogP contribution is -2.40. The monoisotopic (exact) mass is 615 g/mol. The maximum absolute atomic E-state index is 13.3. The number of aromatic nitrogens is 1. The molecule has 0 aliphatic heterocycles. The first kappa shape index (κ1) is 37.2. The summed E-state index contributed by atoms with van der Waals surface area (Å²) >= 11 is 0. The Morgan fingerprint density at radius 2 is 1.73 bits per heavy atom. The lowest BCUT2D eigenvalue weighted by atomic mass is 9.80. The number of anilines is 1. The number of hydrogen-bond acceptors (Lipinski definition) is 6. The third-order valence-electron chi connectivity index (χ3n) is 7.35. The van der Waals surface area contributed by atoms with Gasteiger partial charge < -0.3 is 9.47 Å². The minimum atomic E-state index is -0.432. The summed E-state index contributed by atoms with van der Waals surface area (Å²) in [6.45, 7) is 16.6. The molecule has 7 heteroatoms. The summed E-state index contributed by atoms with van der Waals surface area (Å²) in [5.41, 5.74) is 8.27. The molecule has 2 N–H and O–H groups in total. The fourth-order valence-corrected chi connectivity index (χ4v) is 4.93. The van der Waals surface area contributed by atoms with E-state index in [1.165, 1.54) is 7.11 Å². The average molecular weight is 616 g/mol. The van der Waals surface area contributed by atoms with E-state index in [1.807, 2.05) is 80.6 Å². The number of carbonyl (C=O) groups is 1. The van der Waals surface area contributed by atoms with E-state index in [1.54, 1.807) is 12.3 Å².